The van der Waals surface area contributed by atoms with Crippen molar-refractivity contribution in [1.29, 1.82) is 0 Å². The maximum absolute atomic E-state index is 12.6. The lowest BCUT2D eigenvalue weighted by Gasteiger charge is -2.45. The van der Waals surface area contributed by atoms with Crippen LogP contribution in [0, 0.1) is 0 Å². The second-order valence-electron chi connectivity index (χ2n) is 5.31. The molecule has 18 heavy (non-hydrogen) atoms. The Bertz CT molecular complexity index is 529. The predicted molar refractivity (Wildman–Crippen MR) is 63.3 cm³/mol. The molecule has 6 nitrogen and oxygen atoms in total. The van der Waals surface area contributed by atoms with Crippen molar-refractivity contribution in [2.75, 3.05) is 19.3 Å². The molecule has 2 amide bonds. The van der Waals surface area contributed by atoms with E-state index in [1.807, 2.05) is 0 Å². The van der Waals surface area contributed by atoms with Crippen molar-refractivity contribution >= 4 is 21.7 Å². The molecule has 3 heterocycles. The van der Waals surface area contributed by atoms with E-state index in [-0.39, 0.29) is 18.2 Å². The number of sulfone groups is 1. The number of amides is 2. The molecule has 7 heteroatoms. The number of nitrogens with zero attached hydrogens (tertiary/aromatic N) is 2. The normalized spacial score (nSPS) is 35.9. The SMILES string of the molecule is CS(=O)(=O)[C@]12CCCN1C(=O)[C@H]1CCCN1C2=O. The molecular weight excluding hydrogens is 256 g/mol. The van der Waals surface area contributed by atoms with Gasteiger partial charge >= 0.3 is 0 Å². The fourth-order valence-corrected chi connectivity index (χ4v) is 5.05. The molecule has 0 bridgehead atoms. The van der Waals surface area contributed by atoms with E-state index in [4.69, 9.17) is 0 Å². The number of fused-ring (bicyclic) bond motifs is 2. The molecule has 2 atom stereocenters. The lowest BCUT2D eigenvalue weighted by atomic mass is 10.1. The van der Waals surface area contributed by atoms with Crippen molar-refractivity contribution in [1.82, 2.24) is 9.80 Å². The lowest BCUT2D eigenvalue weighted by Crippen LogP contribution is -2.70. The molecular formula is C11H16N2O4S. The van der Waals surface area contributed by atoms with Crippen LogP contribution in [0.25, 0.3) is 0 Å². The molecule has 0 aromatic heterocycles. The predicted octanol–water partition coefficient (Wildman–Crippen LogP) is -0.646. The standard InChI is InChI=1S/C11H16N2O4S/c1-18(16,17)11-5-3-7-13(11)9(14)8-4-2-6-12(8)10(11)15/h8H,2-7H2,1H3/t8-,11+/m1/s1. The fraction of sp³-hybridized carbons (Fsp3) is 0.818. The van der Waals surface area contributed by atoms with Crippen molar-refractivity contribution in [3.05, 3.63) is 0 Å². The molecule has 0 aromatic carbocycles. The third kappa shape index (κ3) is 1.20. The first-order valence-corrected chi connectivity index (χ1v) is 8.11. The van der Waals surface area contributed by atoms with Crippen LogP contribution in [-0.4, -0.2) is 60.3 Å². The fourth-order valence-electron chi connectivity index (χ4n) is 3.52. The van der Waals surface area contributed by atoms with E-state index in [1.165, 1.54) is 9.80 Å². The number of rotatable bonds is 1. The quantitative estimate of drug-likeness (QED) is 0.636. The van der Waals surface area contributed by atoms with Crippen molar-refractivity contribution in [2.45, 2.75) is 36.6 Å². The summed E-state index contributed by atoms with van der Waals surface area (Å²) in [7, 11) is -3.63. The Morgan fingerprint density at radius 3 is 2.61 bits per heavy atom. The van der Waals surface area contributed by atoms with E-state index >= 15 is 0 Å². The molecule has 0 radical (unpaired) electrons. The van der Waals surface area contributed by atoms with Gasteiger partial charge in [0.25, 0.3) is 5.91 Å². The first-order valence-electron chi connectivity index (χ1n) is 6.22. The number of hydrogen-bond acceptors (Lipinski definition) is 4. The van der Waals surface area contributed by atoms with Gasteiger partial charge in [0.2, 0.25) is 10.8 Å². The summed E-state index contributed by atoms with van der Waals surface area (Å²) in [5, 5.41) is 0. The summed E-state index contributed by atoms with van der Waals surface area (Å²) in [5.41, 5.74) is 0. The smallest absolute Gasteiger partial charge is 0.265 e. The van der Waals surface area contributed by atoms with Gasteiger partial charge in [-0.2, -0.15) is 0 Å². The van der Waals surface area contributed by atoms with Gasteiger partial charge in [-0.1, -0.05) is 0 Å². The molecule has 3 aliphatic heterocycles. The topological polar surface area (TPSA) is 74.8 Å². The summed E-state index contributed by atoms with van der Waals surface area (Å²) in [6.45, 7) is 0.877. The van der Waals surface area contributed by atoms with Gasteiger partial charge in [0, 0.05) is 19.3 Å². The van der Waals surface area contributed by atoms with E-state index in [0.29, 0.717) is 25.9 Å². The summed E-state index contributed by atoms with van der Waals surface area (Å²) in [6.07, 6.45) is 3.30. The van der Waals surface area contributed by atoms with Crippen molar-refractivity contribution in [3.8, 4) is 0 Å². The van der Waals surface area contributed by atoms with Gasteiger partial charge in [0.15, 0.2) is 9.84 Å². The second-order valence-corrected chi connectivity index (χ2v) is 7.53. The average Bonchev–Trinajstić information content (AvgIpc) is 2.92. The highest BCUT2D eigenvalue weighted by atomic mass is 32.2. The Hall–Kier alpha value is -1.11. The largest absolute Gasteiger partial charge is 0.328 e. The third-order valence-corrected chi connectivity index (χ3v) is 6.17. The summed E-state index contributed by atoms with van der Waals surface area (Å²) < 4.78 is 24.2. The van der Waals surface area contributed by atoms with Gasteiger partial charge in [0.05, 0.1) is 0 Å². The van der Waals surface area contributed by atoms with Crippen molar-refractivity contribution in [2.24, 2.45) is 0 Å². The molecule has 3 rings (SSSR count). The van der Waals surface area contributed by atoms with E-state index in [1.54, 1.807) is 0 Å². The Morgan fingerprint density at radius 2 is 1.94 bits per heavy atom. The number of carbonyl (C=O) groups is 2. The van der Waals surface area contributed by atoms with Gasteiger partial charge in [-0.3, -0.25) is 9.59 Å². The molecule has 0 aliphatic carbocycles. The van der Waals surface area contributed by atoms with Gasteiger partial charge in [-0.15, -0.1) is 0 Å². The highest BCUT2D eigenvalue weighted by molar-refractivity contribution is 7.92. The lowest BCUT2D eigenvalue weighted by molar-refractivity contribution is -0.159. The van der Waals surface area contributed by atoms with Crippen LogP contribution in [0.3, 0.4) is 0 Å². The molecule has 0 spiro atoms. The second kappa shape index (κ2) is 3.46. The Morgan fingerprint density at radius 1 is 1.22 bits per heavy atom. The summed E-state index contributed by atoms with van der Waals surface area (Å²) in [5.74, 6) is -0.570. The van der Waals surface area contributed by atoms with E-state index in [0.717, 1.165) is 12.7 Å². The monoisotopic (exact) mass is 272 g/mol. The number of hydrogen-bond donors (Lipinski definition) is 0. The number of carbonyl (C=O) groups excluding carboxylic acids is 2. The molecule has 0 N–H and O–H groups in total. The van der Waals surface area contributed by atoms with Crippen molar-refractivity contribution < 1.29 is 18.0 Å². The number of piperazine rings is 1. The van der Waals surface area contributed by atoms with Crippen LogP contribution >= 0.6 is 0 Å². The summed E-state index contributed by atoms with van der Waals surface area (Å²) in [4.78, 5) is 26.1. The zero-order chi connectivity index (χ0) is 13.1. The van der Waals surface area contributed by atoms with E-state index < -0.39 is 20.8 Å². The molecule has 0 unspecified atom stereocenters. The Labute approximate surface area is 106 Å². The van der Waals surface area contributed by atoms with Crippen LogP contribution in [0.1, 0.15) is 25.7 Å². The first kappa shape index (κ1) is 12.0. The van der Waals surface area contributed by atoms with Gasteiger partial charge in [-0.05, 0) is 25.7 Å². The zero-order valence-electron chi connectivity index (χ0n) is 10.3. The molecule has 0 saturated carbocycles. The average molecular weight is 272 g/mol. The summed E-state index contributed by atoms with van der Waals surface area (Å²) >= 11 is 0. The maximum Gasteiger partial charge on any atom is 0.265 e. The molecule has 3 aliphatic rings. The van der Waals surface area contributed by atoms with Crippen LogP contribution in [-0.2, 0) is 19.4 Å². The molecule has 100 valence electrons. The van der Waals surface area contributed by atoms with E-state index in [9.17, 15) is 18.0 Å². The summed E-state index contributed by atoms with van der Waals surface area (Å²) in [6, 6.07) is -0.425. The van der Waals surface area contributed by atoms with E-state index in [2.05, 4.69) is 0 Å². The minimum atomic E-state index is -3.63. The zero-order valence-corrected chi connectivity index (χ0v) is 11.1. The molecule has 0 aromatic rings. The minimum Gasteiger partial charge on any atom is -0.328 e. The van der Waals surface area contributed by atoms with Crippen LogP contribution in [0.2, 0.25) is 0 Å². The first-order chi connectivity index (χ1) is 8.39. The maximum atomic E-state index is 12.6. The third-order valence-electron chi connectivity index (χ3n) is 4.35. The molecule has 3 saturated heterocycles. The van der Waals surface area contributed by atoms with Gasteiger partial charge < -0.3 is 9.80 Å². The highest BCUT2D eigenvalue weighted by Gasteiger charge is 2.64. The van der Waals surface area contributed by atoms with Crippen LogP contribution < -0.4 is 0 Å². The van der Waals surface area contributed by atoms with Crippen LogP contribution in [0.4, 0.5) is 0 Å². The minimum absolute atomic E-state index is 0.185. The van der Waals surface area contributed by atoms with Crippen LogP contribution in [0.15, 0.2) is 0 Å². The van der Waals surface area contributed by atoms with Crippen molar-refractivity contribution in [3.63, 3.8) is 0 Å². The van der Waals surface area contributed by atoms with Crippen LogP contribution in [0.5, 0.6) is 0 Å². The Balaban J connectivity index is 2.17. The molecule has 3 fully saturated rings. The Kier molecular flexibility index (Phi) is 2.30. The van der Waals surface area contributed by atoms with Gasteiger partial charge in [0.1, 0.15) is 6.04 Å². The van der Waals surface area contributed by atoms with Gasteiger partial charge in [-0.25, -0.2) is 8.42 Å². The highest BCUT2D eigenvalue weighted by Crippen LogP contribution is 2.42.